The van der Waals surface area contributed by atoms with E-state index in [2.05, 4.69) is 6.92 Å². The molecule has 0 saturated carbocycles. The van der Waals surface area contributed by atoms with Crippen LogP contribution in [-0.2, 0) is 9.53 Å². The number of hydrogen-bond donors (Lipinski definition) is 0. The lowest BCUT2D eigenvalue weighted by Gasteiger charge is -2.03. The van der Waals surface area contributed by atoms with Crippen molar-refractivity contribution >= 4 is 17.6 Å². The average Bonchev–Trinajstić information content (AvgIpc) is 2.03. The van der Waals surface area contributed by atoms with E-state index in [1.54, 1.807) is 6.92 Å². The zero-order valence-corrected chi connectivity index (χ0v) is 8.30. The van der Waals surface area contributed by atoms with Crippen LogP contribution >= 0.6 is 11.6 Å². The molecule has 0 N–H and O–H groups in total. The van der Waals surface area contributed by atoms with Gasteiger partial charge in [0.25, 0.3) is 0 Å². The lowest BCUT2D eigenvalue weighted by molar-refractivity contribution is -0.142. The number of esters is 1. The molecule has 12 heavy (non-hydrogen) atoms. The number of ether oxygens (including phenoxy) is 1. The van der Waals surface area contributed by atoms with Gasteiger partial charge in [-0.3, -0.25) is 4.79 Å². The van der Waals surface area contributed by atoms with Crippen LogP contribution in [0.5, 0.6) is 0 Å². The molecule has 0 saturated heterocycles. The Bertz CT molecular complexity index is 153. The summed E-state index contributed by atoms with van der Waals surface area (Å²) in [6.45, 7) is 4.08. The normalized spacial score (nSPS) is 13.2. The topological polar surface area (TPSA) is 26.3 Å². The Morgan fingerprint density at radius 3 is 2.75 bits per heavy atom. The molecule has 0 heterocycles. The molecule has 70 valence electrons. The minimum absolute atomic E-state index is 0.346. The van der Waals surface area contributed by atoms with Crippen molar-refractivity contribution in [1.82, 2.24) is 0 Å². The first-order valence-electron chi connectivity index (χ1n) is 4.14. The molecule has 0 aliphatic heterocycles. The van der Waals surface area contributed by atoms with Crippen molar-refractivity contribution in [2.45, 2.75) is 32.1 Å². The molecule has 0 bridgehead atoms. The van der Waals surface area contributed by atoms with Crippen molar-refractivity contribution in [2.75, 3.05) is 6.61 Å². The highest BCUT2D eigenvalue weighted by atomic mass is 35.5. The fraction of sp³-hybridized carbons (Fsp3) is 0.667. The van der Waals surface area contributed by atoms with E-state index < -0.39 is 5.38 Å². The van der Waals surface area contributed by atoms with E-state index in [1.807, 2.05) is 12.2 Å². The van der Waals surface area contributed by atoms with Gasteiger partial charge in [-0.1, -0.05) is 19.1 Å². The van der Waals surface area contributed by atoms with E-state index in [0.717, 1.165) is 12.8 Å². The molecular weight excluding hydrogens is 176 g/mol. The molecule has 0 spiro atoms. The summed E-state index contributed by atoms with van der Waals surface area (Å²) in [7, 11) is 0. The predicted octanol–water partition coefficient (Wildman–Crippen LogP) is 2.51. The molecule has 1 unspecified atom stereocenters. The summed E-state index contributed by atoms with van der Waals surface area (Å²) < 4.78 is 4.83. The maximum Gasteiger partial charge on any atom is 0.323 e. The van der Waals surface area contributed by atoms with Crippen molar-refractivity contribution < 1.29 is 9.53 Å². The summed E-state index contributed by atoms with van der Waals surface area (Å²) in [5, 5.41) is -0.542. The molecule has 0 radical (unpaired) electrons. The molecule has 2 nitrogen and oxygen atoms in total. The maximum atomic E-state index is 10.8. The van der Waals surface area contributed by atoms with Crippen molar-refractivity contribution in [3.05, 3.63) is 12.2 Å². The number of rotatable bonds is 5. The number of halogens is 1. The SMILES string of the molecule is CC/C=C\CCOC(=O)C(C)Cl. The summed E-state index contributed by atoms with van der Waals surface area (Å²) >= 11 is 5.48. The molecule has 0 aromatic carbocycles. The lowest BCUT2D eigenvalue weighted by Crippen LogP contribution is -2.14. The summed E-state index contributed by atoms with van der Waals surface area (Å²) in [5.41, 5.74) is 0. The number of allylic oxidation sites excluding steroid dienone is 1. The molecule has 0 amide bonds. The zero-order valence-electron chi connectivity index (χ0n) is 7.55. The quantitative estimate of drug-likeness (QED) is 0.288. The van der Waals surface area contributed by atoms with E-state index in [4.69, 9.17) is 16.3 Å². The Kier molecular flexibility index (Phi) is 6.87. The Balaban J connectivity index is 3.31. The largest absolute Gasteiger partial charge is 0.464 e. The average molecular weight is 191 g/mol. The minimum Gasteiger partial charge on any atom is -0.464 e. The van der Waals surface area contributed by atoms with Crippen molar-refractivity contribution in [3.8, 4) is 0 Å². The second-order valence-corrected chi connectivity index (χ2v) is 3.11. The van der Waals surface area contributed by atoms with Crippen LogP contribution in [0.1, 0.15) is 26.7 Å². The minimum atomic E-state index is -0.542. The number of carbonyl (C=O) groups is 1. The van der Waals surface area contributed by atoms with Gasteiger partial charge in [-0.25, -0.2) is 0 Å². The zero-order chi connectivity index (χ0) is 9.40. The van der Waals surface area contributed by atoms with Crippen LogP contribution in [0.15, 0.2) is 12.2 Å². The number of alkyl halides is 1. The Morgan fingerprint density at radius 1 is 1.58 bits per heavy atom. The van der Waals surface area contributed by atoms with Crippen LogP contribution in [0.4, 0.5) is 0 Å². The Labute approximate surface area is 78.5 Å². The Hall–Kier alpha value is -0.500. The first-order chi connectivity index (χ1) is 5.68. The highest BCUT2D eigenvalue weighted by molar-refractivity contribution is 6.29. The molecule has 0 aliphatic carbocycles. The van der Waals surface area contributed by atoms with Crippen molar-refractivity contribution in [3.63, 3.8) is 0 Å². The monoisotopic (exact) mass is 190 g/mol. The van der Waals surface area contributed by atoms with Gasteiger partial charge in [0.2, 0.25) is 0 Å². The lowest BCUT2D eigenvalue weighted by atomic mass is 10.3. The van der Waals surface area contributed by atoms with Crippen molar-refractivity contribution in [2.24, 2.45) is 0 Å². The van der Waals surface area contributed by atoms with Gasteiger partial charge < -0.3 is 4.74 Å². The molecule has 0 aromatic rings. The summed E-state index contributed by atoms with van der Waals surface area (Å²) in [6, 6.07) is 0. The fourth-order valence-electron chi connectivity index (χ4n) is 0.627. The summed E-state index contributed by atoms with van der Waals surface area (Å²) in [6.07, 6.45) is 5.81. The predicted molar refractivity (Wildman–Crippen MR) is 50.3 cm³/mol. The highest BCUT2D eigenvalue weighted by Crippen LogP contribution is 1.97. The second-order valence-electron chi connectivity index (χ2n) is 2.45. The smallest absolute Gasteiger partial charge is 0.323 e. The van der Waals surface area contributed by atoms with E-state index in [-0.39, 0.29) is 5.97 Å². The van der Waals surface area contributed by atoms with Gasteiger partial charge in [-0.15, -0.1) is 11.6 Å². The van der Waals surface area contributed by atoms with Gasteiger partial charge in [0, 0.05) is 0 Å². The molecule has 0 aromatic heterocycles. The van der Waals surface area contributed by atoms with Gasteiger partial charge in [0.05, 0.1) is 6.61 Å². The van der Waals surface area contributed by atoms with Crippen molar-refractivity contribution in [1.29, 1.82) is 0 Å². The van der Waals surface area contributed by atoms with Crippen LogP contribution in [0.25, 0.3) is 0 Å². The van der Waals surface area contributed by atoms with E-state index in [9.17, 15) is 4.79 Å². The third-order valence-electron chi connectivity index (χ3n) is 1.26. The van der Waals surface area contributed by atoms with Crippen LogP contribution in [0.3, 0.4) is 0 Å². The third kappa shape index (κ3) is 6.23. The molecule has 3 heteroatoms. The third-order valence-corrected chi connectivity index (χ3v) is 1.43. The highest BCUT2D eigenvalue weighted by Gasteiger charge is 2.08. The molecule has 0 fully saturated rings. The van der Waals surface area contributed by atoms with Crippen LogP contribution in [0.2, 0.25) is 0 Å². The summed E-state index contributed by atoms with van der Waals surface area (Å²) in [5.74, 6) is -0.346. The van der Waals surface area contributed by atoms with Gasteiger partial charge >= 0.3 is 5.97 Å². The number of carbonyl (C=O) groups excluding carboxylic acids is 1. The Morgan fingerprint density at radius 2 is 2.25 bits per heavy atom. The van der Waals surface area contributed by atoms with Gasteiger partial charge in [-0.05, 0) is 19.8 Å². The van der Waals surface area contributed by atoms with Crippen LogP contribution < -0.4 is 0 Å². The van der Waals surface area contributed by atoms with E-state index >= 15 is 0 Å². The molecule has 0 aliphatic rings. The standard InChI is InChI=1S/C9H15ClO2/c1-3-4-5-6-7-12-9(11)8(2)10/h4-5,8H,3,6-7H2,1-2H3/b5-4-. The number of hydrogen-bond acceptors (Lipinski definition) is 2. The maximum absolute atomic E-state index is 10.8. The van der Waals surface area contributed by atoms with E-state index in [1.165, 1.54) is 0 Å². The van der Waals surface area contributed by atoms with Crippen LogP contribution in [0, 0.1) is 0 Å². The summed E-state index contributed by atoms with van der Waals surface area (Å²) in [4.78, 5) is 10.8. The first-order valence-corrected chi connectivity index (χ1v) is 4.57. The molecule has 1 atom stereocenters. The van der Waals surface area contributed by atoms with Gasteiger partial charge in [0.15, 0.2) is 0 Å². The molecule has 0 rings (SSSR count). The second kappa shape index (κ2) is 7.17. The van der Waals surface area contributed by atoms with Gasteiger partial charge in [0.1, 0.15) is 5.38 Å². The fourth-order valence-corrected chi connectivity index (χ4v) is 0.690. The van der Waals surface area contributed by atoms with E-state index in [0.29, 0.717) is 6.61 Å². The van der Waals surface area contributed by atoms with Crippen LogP contribution in [-0.4, -0.2) is 18.0 Å². The first kappa shape index (κ1) is 11.5. The van der Waals surface area contributed by atoms with Gasteiger partial charge in [-0.2, -0.15) is 0 Å². The molecular formula is C9H15ClO2.